The molecule has 0 saturated heterocycles. The molecule has 3 rings (SSSR count). The fourth-order valence-corrected chi connectivity index (χ4v) is 3.12. The summed E-state index contributed by atoms with van der Waals surface area (Å²) in [6, 6.07) is 7.65. The average Bonchev–Trinajstić information content (AvgIpc) is 2.86. The Morgan fingerprint density at radius 3 is 2.58 bits per heavy atom. The number of carbonyl (C=O) groups excluding carboxylic acids is 1. The highest BCUT2D eigenvalue weighted by Crippen LogP contribution is 2.39. The van der Waals surface area contributed by atoms with Gasteiger partial charge in [0.05, 0.1) is 13.7 Å². The van der Waals surface area contributed by atoms with Gasteiger partial charge in [-0.15, -0.1) is 0 Å². The fraction of sp³-hybridized carbons (Fsp3) is 0.263. The van der Waals surface area contributed by atoms with Crippen LogP contribution in [0.15, 0.2) is 58.9 Å². The number of benzene rings is 1. The van der Waals surface area contributed by atoms with Crippen molar-refractivity contribution < 1.29 is 14.4 Å². The summed E-state index contributed by atoms with van der Waals surface area (Å²) < 4.78 is 0.423. The summed E-state index contributed by atoms with van der Waals surface area (Å²) in [5.41, 5.74) is 4.72. The molecule has 2 N–H and O–H groups in total. The van der Waals surface area contributed by atoms with Crippen LogP contribution in [0.2, 0.25) is 0 Å². The maximum absolute atomic E-state index is 12.1. The largest absolute Gasteiger partial charge is 0.392 e. The van der Waals surface area contributed by atoms with E-state index >= 15 is 0 Å². The first kappa shape index (κ1) is 16.4. The molecule has 1 atom stereocenters. The van der Waals surface area contributed by atoms with E-state index in [4.69, 9.17) is 4.99 Å². The second-order valence-electron chi connectivity index (χ2n) is 6.25. The third-order valence-electron chi connectivity index (χ3n) is 4.51. The minimum absolute atomic E-state index is 0.0113. The van der Waals surface area contributed by atoms with E-state index in [2.05, 4.69) is 18.6 Å². The SMILES string of the molecule is CNC(=O)CC1=C(c2ccc(CO)cc2)N=C2C=CC(C)=C[N+]21C. The number of carbonyl (C=O) groups is 1. The van der Waals surface area contributed by atoms with Crippen LogP contribution in [-0.2, 0) is 11.4 Å². The Labute approximate surface area is 141 Å². The first-order chi connectivity index (χ1) is 11.5. The second-order valence-corrected chi connectivity index (χ2v) is 6.25. The van der Waals surface area contributed by atoms with Crippen molar-refractivity contribution >= 4 is 17.4 Å². The number of nitrogens with one attached hydrogen (secondary N) is 1. The van der Waals surface area contributed by atoms with Crippen molar-refractivity contribution in [2.75, 3.05) is 14.1 Å². The zero-order valence-electron chi connectivity index (χ0n) is 14.2. The van der Waals surface area contributed by atoms with Crippen LogP contribution in [0.5, 0.6) is 0 Å². The van der Waals surface area contributed by atoms with Gasteiger partial charge in [0.25, 0.3) is 0 Å². The fourth-order valence-electron chi connectivity index (χ4n) is 3.12. The van der Waals surface area contributed by atoms with Crippen LogP contribution in [-0.4, -0.2) is 35.4 Å². The van der Waals surface area contributed by atoms with Gasteiger partial charge in [0.2, 0.25) is 11.7 Å². The Kier molecular flexibility index (Phi) is 4.22. The first-order valence-electron chi connectivity index (χ1n) is 7.95. The lowest BCUT2D eigenvalue weighted by Gasteiger charge is -2.29. The first-order valence-corrected chi connectivity index (χ1v) is 7.95. The molecule has 0 aliphatic carbocycles. The Bertz CT molecular complexity index is 800. The number of hydrogen-bond donors (Lipinski definition) is 2. The monoisotopic (exact) mass is 324 g/mol. The third kappa shape index (κ3) is 2.72. The highest BCUT2D eigenvalue weighted by molar-refractivity contribution is 5.99. The van der Waals surface area contributed by atoms with Gasteiger partial charge in [-0.05, 0) is 18.6 Å². The standard InChI is InChI=1S/C19H21N3O2/c1-13-4-9-17-21-19(15-7-5-14(12-23)6-8-15)16(10-18(24)20-2)22(17,3)11-13/h4-9,11,23H,10,12H2,1-3H3/p+1. The second kappa shape index (κ2) is 6.19. The zero-order chi connectivity index (χ0) is 17.3. The molecule has 2 heterocycles. The Morgan fingerprint density at radius 1 is 1.25 bits per heavy atom. The number of hydrogen-bond acceptors (Lipinski definition) is 3. The lowest BCUT2D eigenvalue weighted by atomic mass is 10.1. The highest BCUT2D eigenvalue weighted by Gasteiger charge is 2.42. The van der Waals surface area contributed by atoms with Crippen LogP contribution in [0.1, 0.15) is 24.5 Å². The van der Waals surface area contributed by atoms with Gasteiger partial charge in [0, 0.05) is 24.3 Å². The van der Waals surface area contributed by atoms with E-state index in [0.29, 0.717) is 4.48 Å². The van der Waals surface area contributed by atoms with Crippen LogP contribution in [0.4, 0.5) is 0 Å². The smallest absolute Gasteiger partial charge is 0.237 e. The van der Waals surface area contributed by atoms with Crippen molar-refractivity contribution in [3.8, 4) is 0 Å². The number of nitrogens with zero attached hydrogens (tertiary/aromatic N) is 2. The molecular weight excluding hydrogens is 302 g/mol. The van der Waals surface area contributed by atoms with Gasteiger partial charge >= 0.3 is 0 Å². The van der Waals surface area contributed by atoms with Crippen molar-refractivity contribution in [2.45, 2.75) is 20.0 Å². The van der Waals surface area contributed by atoms with E-state index in [1.54, 1.807) is 7.05 Å². The van der Waals surface area contributed by atoms with Gasteiger partial charge in [-0.2, -0.15) is 4.99 Å². The minimum atomic E-state index is -0.0362. The summed E-state index contributed by atoms with van der Waals surface area (Å²) in [5, 5.41) is 11.9. The molecule has 1 amide bonds. The molecule has 0 aromatic heterocycles. The molecule has 124 valence electrons. The van der Waals surface area contributed by atoms with Gasteiger partial charge in [-0.3, -0.25) is 4.79 Å². The summed E-state index contributed by atoms with van der Waals surface area (Å²) in [4.78, 5) is 16.9. The molecule has 0 fully saturated rings. The predicted molar refractivity (Wildman–Crippen MR) is 94.5 cm³/mol. The molecule has 1 unspecified atom stereocenters. The molecule has 1 aromatic carbocycles. The van der Waals surface area contributed by atoms with Crippen LogP contribution < -0.4 is 5.32 Å². The van der Waals surface area contributed by atoms with E-state index in [-0.39, 0.29) is 18.9 Å². The molecule has 0 spiro atoms. The lowest BCUT2D eigenvalue weighted by molar-refractivity contribution is -0.720. The van der Waals surface area contributed by atoms with Crippen LogP contribution in [0, 0.1) is 0 Å². The molecule has 0 saturated carbocycles. The number of aliphatic imine (C=N–C) groups is 1. The van der Waals surface area contributed by atoms with Crippen molar-refractivity contribution in [1.82, 2.24) is 5.32 Å². The van der Waals surface area contributed by atoms with Crippen molar-refractivity contribution in [3.63, 3.8) is 0 Å². The van der Waals surface area contributed by atoms with Crippen molar-refractivity contribution in [2.24, 2.45) is 4.99 Å². The third-order valence-corrected chi connectivity index (χ3v) is 4.51. The Morgan fingerprint density at radius 2 is 1.96 bits per heavy atom. The maximum atomic E-state index is 12.1. The van der Waals surface area contributed by atoms with E-state index in [1.165, 1.54) is 0 Å². The van der Waals surface area contributed by atoms with Crippen LogP contribution >= 0.6 is 0 Å². The quantitative estimate of drug-likeness (QED) is 0.835. The number of amides is 1. The molecule has 2 aliphatic rings. The number of aliphatic hydroxyl groups is 1. The van der Waals surface area contributed by atoms with Gasteiger partial charge in [0.1, 0.15) is 18.3 Å². The van der Waals surface area contributed by atoms with E-state index < -0.39 is 0 Å². The maximum Gasteiger partial charge on any atom is 0.237 e. The summed E-state index contributed by atoms with van der Waals surface area (Å²) in [6.45, 7) is 2.06. The highest BCUT2D eigenvalue weighted by atomic mass is 16.3. The Balaban J connectivity index is 2.12. The number of amidine groups is 1. The molecule has 0 bridgehead atoms. The molecule has 1 aromatic rings. The summed E-state index contributed by atoms with van der Waals surface area (Å²) in [7, 11) is 3.70. The van der Waals surface area contributed by atoms with Crippen molar-refractivity contribution in [3.05, 3.63) is 65.0 Å². The summed E-state index contributed by atoms with van der Waals surface area (Å²) in [5.74, 6) is 0.867. The molecular formula is C19H22N3O2+. The average molecular weight is 324 g/mol. The number of allylic oxidation sites excluding steroid dienone is 2. The van der Waals surface area contributed by atoms with E-state index in [1.807, 2.05) is 43.3 Å². The minimum Gasteiger partial charge on any atom is -0.392 e. The summed E-state index contributed by atoms with van der Waals surface area (Å²) in [6.07, 6.45) is 6.45. The molecule has 5 heteroatoms. The molecule has 24 heavy (non-hydrogen) atoms. The molecule has 0 radical (unpaired) electrons. The van der Waals surface area contributed by atoms with Gasteiger partial charge in [-0.1, -0.05) is 24.3 Å². The van der Waals surface area contributed by atoms with Crippen LogP contribution in [0.3, 0.4) is 0 Å². The van der Waals surface area contributed by atoms with E-state index in [9.17, 15) is 9.90 Å². The van der Waals surface area contributed by atoms with Gasteiger partial charge in [0.15, 0.2) is 5.70 Å². The number of quaternary nitrogens is 1. The lowest BCUT2D eigenvalue weighted by Crippen LogP contribution is -2.43. The Hall–Kier alpha value is -2.50. The van der Waals surface area contributed by atoms with Gasteiger partial charge < -0.3 is 10.4 Å². The topological polar surface area (TPSA) is 61.7 Å². The zero-order valence-corrected chi connectivity index (χ0v) is 14.2. The number of likely N-dealkylation sites (N-methyl/N-ethyl adjacent to an activating group) is 1. The number of rotatable bonds is 4. The molecule has 2 aliphatic heterocycles. The van der Waals surface area contributed by atoms with E-state index in [0.717, 1.165) is 33.9 Å². The van der Waals surface area contributed by atoms with Gasteiger partial charge in [-0.25, -0.2) is 4.48 Å². The number of fused-ring (bicyclic) bond motifs is 1. The van der Waals surface area contributed by atoms with Crippen LogP contribution in [0.25, 0.3) is 5.70 Å². The molecule has 5 nitrogen and oxygen atoms in total. The van der Waals surface area contributed by atoms with Crippen molar-refractivity contribution in [1.29, 1.82) is 0 Å². The number of aliphatic hydroxyl groups excluding tert-OH is 1. The predicted octanol–water partition coefficient (Wildman–Crippen LogP) is 2.32. The summed E-state index contributed by atoms with van der Waals surface area (Å²) >= 11 is 0. The normalized spacial score (nSPS) is 22.2.